The van der Waals surface area contributed by atoms with E-state index in [1.807, 2.05) is 25.1 Å². The summed E-state index contributed by atoms with van der Waals surface area (Å²) in [5.41, 5.74) is 3.15. The smallest absolute Gasteiger partial charge is 0.399 e. The molecule has 0 saturated heterocycles. The molecule has 0 radical (unpaired) electrons. The van der Waals surface area contributed by atoms with E-state index in [0.29, 0.717) is 21.6 Å². The van der Waals surface area contributed by atoms with E-state index in [4.69, 9.17) is 16.3 Å². The van der Waals surface area contributed by atoms with Gasteiger partial charge in [-0.2, -0.15) is 0 Å². The zero-order valence-corrected chi connectivity index (χ0v) is 20.9. The van der Waals surface area contributed by atoms with Crippen molar-refractivity contribution in [2.75, 3.05) is 38.5 Å². The highest BCUT2D eigenvalue weighted by Crippen LogP contribution is 2.28. The number of carbonyl (C=O) groups excluding carboxylic acids is 3. The number of halogens is 1. The van der Waals surface area contributed by atoms with Crippen LogP contribution in [0.25, 0.3) is 0 Å². The molecule has 0 spiro atoms. The van der Waals surface area contributed by atoms with Gasteiger partial charge in [0.1, 0.15) is 6.04 Å². The molecule has 184 valence electrons. The number of amides is 4. The summed E-state index contributed by atoms with van der Waals surface area (Å²) in [4.78, 5) is 39.4. The maximum absolute atomic E-state index is 13.1. The predicted octanol–water partition coefficient (Wildman–Crippen LogP) is 3.24. The number of benzene rings is 1. The van der Waals surface area contributed by atoms with Crippen LogP contribution in [-0.2, 0) is 17.6 Å². The number of hydrogen-bond acceptors (Lipinski definition) is 6. The van der Waals surface area contributed by atoms with Crippen LogP contribution in [0.1, 0.15) is 24.5 Å². The topological polar surface area (TPSA) is 112 Å². The molecule has 1 atom stereocenters. The van der Waals surface area contributed by atoms with E-state index < -0.39 is 18.0 Å². The van der Waals surface area contributed by atoms with Gasteiger partial charge in [0.05, 0.1) is 4.34 Å². The molecule has 11 heteroatoms. The van der Waals surface area contributed by atoms with Gasteiger partial charge >= 0.3 is 12.1 Å². The fourth-order valence-corrected chi connectivity index (χ4v) is 4.45. The minimum absolute atomic E-state index is 0.180. The van der Waals surface area contributed by atoms with Crippen LogP contribution in [0.5, 0.6) is 5.06 Å². The number of urea groups is 1. The Hall–Kier alpha value is -2.82. The molecule has 0 fully saturated rings. The minimum Gasteiger partial charge on any atom is -0.399 e. The van der Waals surface area contributed by atoms with Crippen molar-refractivity contribution in [3.05, 3.63) is 45.8 Å². The molecule has 34 heavy (non-hydrogen) atoms. The molecular weight excluding hydrogens is 478 g/mol. The molecule has 3 rings (SSSR count). The highest BCUT2D eigenvalue weighted by Gasteiger charge is 2.23. The van der Waals surface area contributed by atoms with Crippen LogP contribution in [0.4, 0.5) is 15.3 Å². The van der Waals surface area contributed by atoms with Gasteiger partial charge in [0.15, 0.2) is 5.06 Å². The summed E-state index contributed by atoms with van der Waals surface area (Å²) in [5, 5.41) is 11.1. The molecule has 1 aromatic carbocycles. The van der Waals surface area contributed by atoms with Crippen LogP contribution in [0.3, 0.4) is 0 Å². The highest BCUT2D eigenvalue weighted by atomic mass is 35.5. The molecule has 0 bridgehead atoms. The van der Waals surface area contributed by atoms with Crippen molar-refractivity contribution in [1.82, 2.24) is 20.9 Å². The van der Waals surface area contributed by atoms with Crippen LogP contribution in [0.15, 0.2) is 30.3 Å². The van der Waals surface area contributed by atoms with Gasteiger partial charge < -0.3 is 30.9 Å². The van der Waals surface area contributed by atoms with Gasteiger partial charge in [-0.05, 0) is 68.6 Å². The molecule has 0 unspecified atom stereocenters. The zero-order valence-electron chi connectivity index (χ0n) is 19.3. The summed E-state index contributed by atoms with van der Waals surface area (Å²) in [6.45, 7) is 4.44. The van der Waals surface area contributed by atoms with Crippen molar-refractivity contribution >= 4 is 46.7 Å². The van der Waals surface area contributed by atoms with Gasteiger partial charge in [-0.15, -0.1) is 0 Å². The Bertz CT molecular complexity index is 1010. The largest absolute Gasteiger partial charge is 0.414 e. The van der Waals surface area contributed by atoms with Crippen LogP contribution >= 0.6 is 22.9 Å². The van der Waals surface area contributed by atoms with Crippen LogP contribution in [0, 0.1) is 0 Å². The lowest BCUT2D eigenvalue weighted by atomic mass is 10.0. The van der Waals surface area contributed by atoms with E-state index in [1.54, 1.807) is 12.1 Å². The lowest BCUT2D eigenvalue weighted by Crippen LogP contribution is -2.47. The third-order valence-corrected chi connectivity index (χ3v) is 6.51. The number of likely N-dealkylation sites (N-methyl/N-ethyl adjacent to an activating group) is 1. The van der Waals surface area contributed by atoms with E-state index in [-0.39, 0.29) is 19.0 Å². The fourth-order valence-electron chi connectivity index (χ4n) is 3.58. The van der Waals surface area contributed by atoms with E-state index in [2.05, 4.69) is 33.2 Å². The van der Waals surface area contributed by atoms with Crippen LogP contribution in [-0.4, -0.2) is 62.2 Å². The molecule has 0 saturated carbocycles. The number of carbonyl (C=O) groups is 3. The average Bonchev–Trinajstić information content (AvgIpc) is 3.10. The number of hydrogen-bond donors (Lipinski definition) is 4. The Kier molecular flexibility index (Phi) is 9.55. The molecular formula is C23H30ClN5O4S. The maximum Gasteiger partial charge on any atom is 0.414 e. The number of fused-ring (bicyclic) bond motifs is 1. The predicted molar refractivity (Wildman–Crippen MR) is 134 cm³/mol. The Morgan fingerprint density at radius 1 is 1.12 bits per heavy atom. The average molecular weight is 508 g/mol. The number of nitrogens with zero attached hydrogens (tertiary/aromatic N) is 1. The standard InChI is InChI=1S/C23H30ClN5O4S/c1-3-25-22(31)26-11-8-18(28-23(32)33-20-7-6-19(24)34-20)21(30)27-17-5-4-15-9-12-29(2)13-10-16(15)14-17/h4-7,14,18H,3,8-13H2,1-2H3,(H,27,30)(H,28,32)(H2,25,26,31)/t18-/m1/s1. The highest BCUT2D eigenvalue weighted by molar-refractivity contribution is 7.17. The summed E-state index contributed by atoms with van der Waals surface area (Å²) in [6.07, 6.45) is 1.28. The van der Waals surface area contributed by atoms with E-state index in [1.165, 1.54) is 11.1 Å². The number of ether oxygens (including phenoxy) is 1. The van der Waals surface area contributed by atoms with Crippen molar-refractivity contribution < 1.29 is 19.1 Å². The Balaban J connectivity index is 1.65. The number of anilines is 1. The molecule has 1 aliphatic rings. The normalized spacial score (nSPS) is 14.3. The third kappa shape index (κ3) is 7.89. The van der Waals surface area contributed by atoms with Gasteiger partial charge in [0.2, 0.25) is 5.91 Å². The molecule has 4 N–H and O–H groups in total. The minimum atomic E-state index is -0.921. The van der Waals surface area contributed by atoms with E-state index >= 15 is 0 Å². The van der Waals surface area contributed by atoms with Gasteiger partial charge in [0.25, 0.3) is 0 Å². The molecule has 0 aliphatic carbocycles. The number of thiophene rings is 1. The Morgan fingerprint density at radius 2 is 1.88 bits per heavy atom. The van der Waals surface area contributed by atoms with Crippen LogP contribution < -0.4 is 26.0 Å². The van der Waals surface area contributed by atoms with Crippen molar-refractivity contribution in [2.24, 2.45) is 0 Å². The molecule has 1 aromatic heterocycles. The first kappa shape index (κ1) is 25.8. The third-order valence-electron chi connectivity index (χ3n) is 5.41. The van der Waals surface area contributed by atoms with Crippen LogP contribution in [0.2, 0.25) is 4.34 Å². The Labute approximate surface area is 208 Å². The van der Waals surface area contributed by atoms with Gasteiger partial charge in [-0.25, -0.2) is 9.59 Å². The summed E-state index contributed by atoms with van der Waals surface area (Å²) in [7, 11) is 2.10. The van der Waals surface area contributed by atoms with Crippen molar-refractivity contribution in [3.8, 4) is 5.06 Å². The molecule has 2 aromatic rings. The lowest BCUT2D eigenvalue weighted by Gasteiger charge is -2.19. The maximum atomic E-state index is 13.1. The number of nitrogens with one attached hydrogen (secondary N) is 4. The summed E-state index contributed by atoms with van der Waals surface area (Å²) >= 11 is 6.99. The second-order valence-corrected chi connectivity index (χ2v) is 9.67. The van der Waals surface area contributed by atoms with Gasteiger partial charge in [-0.1, -0.05) is 29.0 Å². The Morgan fingerprint density at radius 3 is 2.59 bits per heavy atom. The molecule has 4 amide bonds. The summed E-state index contributed by atoms with van der Waals surface area (Å²) < 4.78 is 5.71. The van der Waals surface area contributed by atoms with Gasteiger partial charge in [-0.3, -0.25) is 4.79 Å². The molecule has 2 heterocycles. The van der Waals surface area contributed by atoms with Crippen molar-refractivity contribution in [2.45, 2.75) is 32.2 Å². The van der Waals surface area contributed by atoms with E-state index in [9.17, 15) is 14.4 Å². The number of rotatable bonds is 8. The molecule has 9 nitrogen and oxygen atoms in total. The first-order valence-corrected chi connectivity index (χ1v) is 12.4. The monoisotopic (exact) mass is 507 g/mol. The fraction of sp³-hybridized carbons (Fsp3) is 0.435. The SMILES string of the molecule is CCNC(=O)NCC[C@@H](NC(=O)Oc1ccc(Cl)s1)C(=O)Nc1ccc2c(c1)CCN(C)CC2. The quantitative estimate of drug-likeness (QED) is 0.438. The van der Waals surface area contributed by atoms with Crippen molar-refractivity contribution in [3.63, 3.8) is 0 Å². The first-order chi connectivity index (χ1) is 16.3. The van der Waals surface area contributed by atoms with E-state index in [0.717, 1.165) is 37.3 Å². The zero-order chi connectivity index (χ0) is 24.5. The lowest BCUT2D eigenvalue weighted by molar-refractivity contribution is -0.118. The first-order valence-electron chi connectivity index (χ1n) is 11.2. The second kappa shape index (κ2) is 12.6. The second-order valence-electron chi connectivity index (χ2n) is 8.00. The summed E-state index contributed by atoms with van der Waals surface area (Å²) in [6, 6.07) is 7.83. The molecule has 1 aliphatic heterocycles. The van der Waals surface area contributed by atoms with Gasteiger partial charge in [0, 0.05) is 31.9 Å². The summed E-state index contributed by atoms with van der Waals surface area (Å²) in [5.74, 6) is -0.399. The van der Waals surface area contributed by atoms with Crippen molar-refractivity contribution in [1.29, 1.82) is 0 Å².